The van der Waals surface area contributed by atoms with Gasteiger partial charge in [0, 0.05) is 43.3 Å². The Hall–Kier alpha value is -4.89. The number of hydrogen-bond acceptors (Lipinski definition) is 6. The molecule has 2 aliphatic rings. The number of H-pyrrole nitrogens is 1. The predicted octanol–water partition coefficient (Wildman–Crippen LogP) is 6.65. The van der Waals surface area contributed by atoms with Crippen LogP contribution in [0.3, 0.4) is 0 Å². The smallest absolute Gasteiger partial charge is 0.326 e. The lowest BCUT2D eigenvalue weighted by atomic mass is 9.98. The van der Waals surface area contributed by atoms with Gasteiger partial charge in [-0.15, -0.1) is 0 Å². The lowest BCUT2D eigenvalue weighted by molar-refractivity contribution is -0.253. The number of aromatic amines is 1. The highest BCUT2D eigenvalue weighted by Gasteiger charge is 2.35. The monoisotopic (exact) mass is 708 g/mol. The molecule has 5 aromatic rings. The van der Waals surface area contributed by atoms with E-state index >= 15 is 0 Å². The molecule has 0 unspecified atom stereocenters. The van der Waals surface area contributed by atoms with Gasteiger partial charge in [0.05, 0.1) is 29.8 Å². The van der Waals surface area contributed by atoms with E-state index in [0.29, 0.717) is 18.5 Å². The van der Waals surface area contributed by atoms with Crippen molar-refractivity contribution >= 4 is 22.6 Å². The Bertz CT molecular complexity index is 2100. The van der Waals surface area contributed by atoms with E-state index in [1.54, 1.807) is 18.2 Å². The summed E-state index contributed by atoms with van der Waals surface area (Å²) in [4.78, 5) is 30.7. The molecule has 3 N–H and O–H groups in total. The number of para-hydroxylation sites is 2. The third-order valence-electron chi connectivity index (χ3n) is 9.48. The topological polar surface area (TPSA) is 109 Å². The van der Waals surface area contributed by atoms with Gasteiger partial charge < -0.3 is 29.8 Å². The third kappa shape index (κ3) is 6.91. The Morgan fingerprint density at radius 3 is 2.24 bits per heavy atom. The van der Waals surface area contributed by atoms with Crippen molar-refractivity contribution in [3.05, 3.63) is 135 Å². The van der Waals surface area contributed by atoms with Crippen LogP contribution < -0.4 is 11.0 Å². The summed E-state index contributed by atoms with van der Waals surface area (Å²) in [5, 5.41) is 11.7. The summed E-state index contributed by atoms with van der Waals surface area (Å²) in [5.41, 5.74) is 1.95. The summed E-state index contributed by atoms with van der Waals surface area (Å²) in [7, 11) is 0. The van der Waals surface area contributed by atoms with Crippen LogP contribution in [0.4, 0.5) is 27.6 Å². The van der Waals surface area contributed by atoms with E-state index < -0.39 is 53.0 Å². The fourth-order valence-electron chi connectivity index (χ4n) is 6.88. The molecule has 2 aliphatic heterocycles. The van der Waals surface area contributed by atoms with Crippen LogP contribution in [0.2, 0.25) is 0 Å². The van der Waals surface area contributed by atoms with Crippen LogP contribution in [0.25, 0.3) is 11.0 Å². The number of piperidine rings is 1. The fourth-order valence-corrected chi connectivity index (χ4v) is 6.88. The zero-order valence-corrected chi connectivity index (χ0v) is 27.1. The van der Waals surface area contributed by atoms with Gasteiger partial charge in [-0.1, -0.05) is 48.5 Å². The van der Waals surface area contributed by atoms with Gasteiger partial charge in [-0.05, 0) is 48.2 Å². The number of aliphatic hydroxyl groups excluding tert-OH is 1. The van der Waals surface area contributed by atoms with Crippen LogP contribution in [-0.2, 0) is 16.1 Å². The molecule has 3 atom stereocenters. The zero-order chi connectivity index (χ0) is 35.8. The maximum absolute atomic E-state index is 14.3. The summed E-state index contributed by atoms with van der Waals surface area (Å²) < 4.78 is 84.4. The lowest BCUT2D eigenvalue weighted by Gasteiger charge is -2.40. The second-order valence-electron chi connectivity index (χ2n) is 12.7. The molecule has 9 nitrogen and oxygen atoms in total. The second kappa shape index (κ2) is 14.4. The van der Waals surface area contributed by atoms with Crippen LogP contribution in [0.1, 0.15) is 64.7 Å². The highest BCUT2D eigenvalue weighted by Crippen LogP contribution is 2.39. The zero-order valence-electron chi connectivity index (χ0n) is 27.1. The number of aliphatic hydroxyl groups is 1. The van der Waals surface area contributed by atoms with E-state index in [2.05, 4.69) is 15.2 Å². The summed E-state index contributed by atoms with van der Waals surface area (Å²) in [6.45, 7) is 1.87. The molecule has 0 radical (unpaired) electrons. The summed E-state index contributed by atoms with van der Waals surface area (Å²) >= 11 is 0. The minimum Gasteiger partial charge on any atom is -0.392 e. The van der Waals surface area contributed by atoms with Gasteiger partial charge >= 0.3 is 5.69 Å². The van der Waals surface area contributed by atoms with E-state index in [9.17, 15) is 36.6 Å². The first kappa shape index (κ1) is 34.6. The number of benzene rings is 4. The molecular formula is C37H33F5N4O5. The highest BCUT2D eigenvalue weighted by molar-refractivity contribution is 6.04. The summed E-state index contributed by atoms with van der Waals surface area (Å²) in [6.07, 6.45) is 0.282. The number of fused-ring (bicyclic) bond motifs is 1. The van der Waals surface area contributed by atoms with Crippen molar-refractivity contribution in [3.63, 3.8) is 0 Å². The van der Waals surface area contributed by atoms with Crippen molar-refractivity contribution < 1.29 is 41.3 Å². The van der Waals surface area contributed by atoms with E-state index in [1.807, 2.05) is 41.0 Å². The second-order valence-corrected chi connectivity index (χ2v) is 12.7. The van der Waals surface area contributed by atoms with Crippen molar-refractivity contribution in [2.24, 2.45) is 0 Å². The van der Waals surface area contributed by atoms with Crippen LogP contribution in [0, 0.1) is 29.1 Å². The van der Waals surface area contributed by atoms with E-state index in [4.69, 9.17) is 9.47 Å². The molecule has 1 amide bonds. The molecule has 0 aliphatic carbocycles. The van der Waals surface area contributed by atoms with E-state index in [0.717, 1.165) is 48.1 Å². The van der Waals surface area contributed by atoms with Gasteiger partial charge in [-0.2, -0.15) is 0 Å². The maximum Gasteiger partial charge on any atom is 0.326 e. The molecule has 0 bridgehead atoms. The number of hydrogen-bond donors (Lipinski definition) is 3. The maximum atomic E-state index is 14.3. The number of rotatable bonds is 8. The quantitative estimate of drug-likeness (QED) is 0.0947. The molecule has 2 fully saturated rings. The summed E-state index contributed by atoms with van der Waals surface area (Å²) in [5.74, 6) is -12.8. The first-order valence-corrected chi connectivity index (χ1v) is 16.5. The first-order chi connectivity index (χ1) is 24.6. The van der Waals surface area contributed by atoms with E-state index in [-0.39, 0.29) is 30.1 Å². The molecule has 14 heteroatoms. The number of carbonyl (C=O) groups excluding carboxylic acids is 1. The average Bonchev–Trinajstić information content (AvgIpc) is 3.49. The SMILES string of the molecule is O=C(Nc1cccc([C@@H]2O[C@H](CN3CCC(n4c(=O)[nH]c5ccccc54)CC3)C[C@H](c3ccc(CO)cc3)O2)c1)c1c(F)c(F)c(F)c(F)c1F. The van der Waals surface area contributed by atoms with Crippen molar-refractivity contribution in [2.45, 2.75) is 50.4 Å². The predicted molar refractivity (Wildman–Crippen MR) is 176 cm³/mol. The Kier molecular flexibility index (Phi) is 9.75. The molecule has 2 saturated heterocycles. The number of likely N-dealkylation sites (tertiary alicyclic amines) is 1. The van der Waals surface area contributed by atoms with Crippen molar-refractivity contribution in [2.75, 3.05) is 25.0 Å². The lowest BCUT2D eigenvalue weighted by Crippen LogP contribution is -2.43. The van der Waals surface area contributed by atoms with Gasteiger partial charge in [0.25, 0.3) is 5.91 Å². The Morgan fingerprint density at radius 1 is 0.843 bits per heavy atom. The molecule has 0 saturated carbocycles. The number of amides is 1. The number of nitrogens with zero attached hydrogens (tertiary/aromatic N) is 2. The number of imidazole rings is 1. The number of anilines is 1. The molecule has 3 heterocycles. The van der Waals surface area contributed by atoms with Crippen LogP contribution in [-0.4, -0.2) is 51.2 Å². The molecule has 0 spiro atoms. The van der Waals surface area contributed by atoms with Gasteiger partial charge in [-0.25, -0.2) is 26.7 Å². The molecule has 4 aromatic carbocycles. The Balaban J connectivity index is 1.09. The normalized spacial score (nSPS) is 20.2. The van der Waals surface area contributed by atoms with Crippen LogP contribution >= 0.6 is 0 Å². The number of ether oxygens (including phenoxy) is 2. The highest BCUT2D eigenvalue weighted by atomic mass is 19.2. The van der Waals surface area contributed by atoms with Crippen molar-refractivity contribution in [1.82, 2.24) is 14.5 Å². The molecule has 51 heavy (non-hydrogen) atoms. The van der Waals surface area contributed by atoms with Gasteiger partial charge in [-0.3, -0.25) is 9.36 Å². The Labute approximate surface area is 288 Å². The van der Waals surface area contributed by atoms with Gasteiger partial charge in [0.15, 0.2) is 29.6 Å². The average molecular weight is 709 g/mol. The minimum atomic E-state index is -2.36. The number of halogens is 5. The van der Waals surface area contributed by atoms with E-state index in [1.165, 1.54) is 18.2 Å². The number of carbonyl (C=O) groups is 1. The van der Waals surface area contributed by atoms with Crippen molar-refractivity contribution in [3.8, 4) is 0 Å². The standard InChI is InChI=1S/C37H33F5N4O5/c38-30-29(31(39)33(41)34(42)32(30)40)35(48)43-23-5-3-4-22(16-23)36-50-25(17-28(51-36)21-10-8-20(19-47)9-11-21)18-45-14-12-24(13-15-45)46-27-7-2-1-6-26(27)44-37(46)49/h1-11,16,24-25,28,36,47H,12-15,17-19H2,(H,43,48)(H,44,49)/t25-,28+,36+/m0/s1. The molecule has 1 aromatic heterocycles. The minimum absolute atomic E-state index is 0.00853. The Morgan fingerprint density at radius 2 is 1.53 bits per heavy atom. The summed E-state index contributed by atoms with van der Waals surface area (Å²) in [6, 6.07) is 21.0. The van der Waals surface area contributed by atoms with Crippen molar-refractivity contribution in [1.29, 1.82) is 0 Å². The fraction of sp³-hybridized carbons (Fsp3) is 0.297. The van der Waals surface area contributed by atoms with Crippen LogP contribution in [0.5, 0.6) is 0 Å². The molecular weight excluding hydrogens is 675 g/mol. The van der Waals surface area contributed by atoms with Gasteiger partial charge in [0.1, 0.15) is 5.56 Å². The first-order valence-electron chi connectivity index (χ1n) is 16.5. The van der Waals surface area contributed by atoms with Gasteiger partial charge in [0.2, 0.25) is 5.82 Å². The van der Waals surface area contributed by atoms with Crippen LogP contribution in [0.15, 0.2) is 77.6 Å². The number of aromatic nitrogens is 2. The largest absolute Gasteiger partial charge is 0.392 e. The number of nitrogens with one attached hydrogen (secondary N) is 2. The molecule has 7 rings (SSSR count). The third-order valence-corrected chi connectivity index (χ3v) is 9.48. The molecule has 266 valence electrons.